The first-order chi connectivity index (χ1) is 8.93. The van der Waals surface area contributed by atoms with Crippen molar-refractivity contribution in [1.82, 2.24) is 4.90 Å². The van der Waals surface area contributed by atoms with Crippen LogP contribution in [0.4, 0.5) is 0 Å². The average molecular weight is 261 g/mol. The fraction of sp³-hybridized carbons (Fsp3) is 1.00. The molecule has 1 fully saturated rings. The van der Waals surface area contributed by atoms with E-state index in [0.29, 0.717) is 13.2 Å². The maximum atomic E-state index is 8.49. The van der Waals surface area contributed by atoms with Gasteiger partial charge in [-0.1, -0.05) is 20.3 Å². The molecule has 0 amide bonds. The summed E-state index contributed by atoms with van der Waals surface area (Å²) in [5.41, 5.74) is 0. The maximum Gasteiger partial charge on any atom is 0.0697 e. The molecule has 0 bridgehead atoms. The van der Waals surface area contributed by atoms with Crippen LogP contribution in [-0.2, 0) is 9.47 Å². The van der Waals surface area contributed by atoms with E-state index in [-0.39, 0.29) is 6.61 Å². The van der Waals surface area contributed by atoms with Gasteiger partial charge in [0.25, 0.3) is 0 Å². The van der Waals surface area contributed by atoms with Gasteiger partial charge in [-0.15, -0.1) is 0 Å². The molecule has 0 saturated carbocycles. The van der Waals surface area contributed by atoms with Crippen LogP contribution in [0.5, 0.6) is 0 Å². The molecule has 1 N–H and O–H groups in total. The molecule has 0 aromatic carbocycles. The fourth-order valence-electron chi connectivity index (χ4n) is 1.91. The summed E-state index contributed by atoms with van der Waals surface area (Å²) in [6.07, 6.45) is 4.99. The molecule has 18 heavy (non-hydrogen) atoms. The van der Waals surface area contributed by atoms with Crippen molar-refractivity contribution >= 4 is 0 Å². The van der Waals surface area contributed by atoms with Crippen molar-refractivity contribution in [2.24, 2.45) is 0 Å². The van der Waals surface area contributed by atoms with Gasteiger partial charge in [0.15, 0.2) is 0 Å². The molecule has 4 heteroatoms. The third-order valence-electron chi connectivity index (χ3n) is 2.81. The van der Waals surface area contributed by atoms with Crippen molar-refractivity contribution < 1.29 is 14.6 Å². The largest absolute Gasteiger partial charge is 0.394 e. The first kappa shape index (κ1) is 17.8. The fourth-order valence-corrected chi connectivity index (χ4v) is 1.91. The monoisotopic (exact) mass is 261 g/mol. The standard InChI is InChI=1S/C12H25NO3.C2H6/c14-8-12-16-10-4-9-15-11-7-13-5-2-1-3-6-13;1-2/h14H,1-12H2;1-2H3. The molecule has 0 aromatic heterocycles. The summed E-state index contributed by atoms with van der Waals surface area (Å²) in [6.45, 7) is 10.4. The zero-order chi connectivity index (χ0) is 13.5. The number of likely N-dealkylation sites (tertiary alicyclic amines) is 1. The van der Waals surface area contributed by atoms with Crippen LogP contribution in [0.2, 0.25) is 0 Å². The van der Waals surface area contributed by atoms with Gasteiger partial charge in [-0.25, -0.2) is 0 Å². The molecular weight excluding hydrogens is 230 g/mol. The summed E-state index contributed by atoms with van der Waals surface area (Å²) < 4.78 is 10.7. The molecular formula is C14H31NO3. The van der Waals surface area contributed by atoms with Gasteiger partial charge in [0, 0.05) is 19.8 Å². The van der Waals surface area contributed by atoms with Crippen LogP contribution in [0.25, 0.3) is 0 Å². The van der Waals surface area contributed by atoms with E-state index in [1.54, 1.807) is 0 Å². The Morgan fingerprint density at radius 2 is 1.50 bits per heavy atom. The minimum absolute atomic E-state index is 0.107. The van der Waals surface area contributed by atoms with Crippen LogP contribution in [0.3, 0.4) is 0 Å². The second-order valence-corrected chi connectivity index (χ2v) is 4.20. The highest BCUT2D eigenvalue weighted by Crippen LogP contribution is 2.07. The van der Waals surface area contributed by atoms with Gasteiger partial charge >= 0.3 is 0 Å². The molecule has 0 aromatic rings. The highest BCUT2D eigenvalue weighted by molar-refractivity contribution is 4.63. The molecule has 110 valence electrons. The van der Waals surface area contributed by atoms with E-state index in [9.17, 15) is 0 Å². The van der Waals surface area contributed by atoms with Gasteiger partial charge in [-0.3, -0.25) is 0 Å². The summed E-state index contributed by atoms with van der Waals surface area (Å²) in [5.74, 6) is 0. The van der Waals surface area contributed by atoms with Crippen LogP contribution in [0.15, 0.2) is 0 Å². The highest BCUT2D eigenvalue weighted by Gasteiger charge is 2.08. The van der Waals surface area contributed by atoms with Crippen LogP contribution >= 0.6 is 0 Å². The Labute approximate surface area is 112 Å². The predicted molar refractivity (Wildman–Crippen MR) is 75.0 cm³/mol. The maximum absolute atomic E-state index is 8.49. The second-order valence-electron chi connectivity index (χ2n) is 4.20. The molecule has 1 aliphatic rings. The molecule has 0 radical (unpaired) electrons. The van der Waals surface area contributed by atoms with E-state index in [1.807, 2.05) is 13.8 Å². The SMILES string of the molecule is CC.OCCOCCCOCCN1CCCCC1. The third-order valence-corrected chi connectivity index (χ3v) is 2.81. The van der Waals surface area contributed by atoms with Crippen molar-refractivity contribution in [3.63, 3.8) is 0 Å². The summed E-state index contributed by atoms with van der Waals surface area (Å²) in [4.78, 5) is 2.48. The summed E-state index contributed by atoms with van der Waals surface area (Å²) in [7, 11) is 0. The summed E-state index contributed by atoms with van der Waals surface area (Å²) in [5, 5.41) is 8.49. The molecule has 1 rings (SSSR count). The lowest BCUT2D eigenvalue weighted by Crippen LogP contribution is -2.32. The van der Waals surface area contributed by atoms with Crippen LogP contribution < -0.4 is 0 Å². The van der Waals surface area contributed by atoms with Crippen LogP contribution in [0, 0.1) is 0 Å². The summed E-state index contributed by atoms with van der Waals surface area (Å²) >= 11 is 0. The number of aliphatic hydroxyl groups is 1. The third kappa shape index (κ3) is 11.0. The van der Waals surface area contributed by atoms with Crippen molar-refractivity contribution in [2.45, 2.75) is 39.5 Å². The quantitative estimate of drug-likeness (QED) is 0.644. The summed E-state index contributed by atoms with van der Waals surface area (Å²) in [6, 6.07) is 0. The molecule has 1 aliphatic heterocycles. The zero-order valence-corrected chi connectivity index (χ0v) is 12.2. The normalized spacial score (nSPS) is 16.2. The number of hydrogen-bond donors (Lipinski definition) is 1. The Kier molecular flexibility index (Phi) is 14.8. The van der Waals surface area contributed by atoms with Crippen LogP contribution in [0.1, 0.15) is 39.5 Å². The first-order valence-corrected chi connectivity index (χ1v) is 7.42. The van der Waals surface area contributed by atoms with E-state index in [2.05, 4.69) is 4.90 Å². The van der Waals surface area contributed by atoms with E-state index in [1.165, 1.54) is 32.4 Å². The molecule has 1 heterocycles. The lowest BCUT2D eigenvalue weighted by Gasteiger charge is -2.26. The zero-order valence-electron chi connectivity index (χ0n) is 12.2. The highest BCUT2D eigenvalue weighted by atomic mass is 16.5. The number of hydrogen-bond acceptors (Lipinski definition) is 4. The van der Waals surface area contributed by atoms with Gasteiger partial charge in [0.05, 0.1) is 19.8 Å². The Balaban J connectivity index is 0.00000137. The topological polar surface area (TPSA) is 41.9 Å². The van der Waals surface area contributed by atoms with E-state index >= 15 is 0 Å². The van der Waals surface area contributed by atoms with Gasteiger partial charge in [0.1, 0.15) is 0 Å². The van der Waals surface area contributed by atoms with Gasteiger partial charge < -0.3 is 19.5 Å². The molecule has 4 nitrogen and oxygen atoms in total. The minimum Gasteiger partial charge on any atom is -0.394 e. The van der Waals surface area contributed by atoms with Crippen molar-refractivity contribution in [3.8, 4) is 0 Å². The van der Waals surface area contributed by atoms with Gasteiger partial charge in [0.2, 0.25) is 0 Å². The lowest BCUT2D eigenvalue weighted by atomic mass is 10.1. The molecule has 0 spiro atoms. The van der Waals surface area contributed by atoms with E-state index in [0.717, 1.165) is 26.2 Å². The van der Waals surface area contributed by atoms with Crippen molar-refractivity contribution in [2.75, 3.05) is 52.7 Å². The Bertz CT molecular complexity index is 150. The average Bonchev–Trinajstić information content (AvgIpc) is 2.45. The molecule has 1 saturated heterocycles. The second kappa shape index (κ2) is 14.9. The first-order valence-electron chi connectivity index (χ1n) is 7.42. The lowest BCUT2D eigenvalue weighted by molar-refractivity contribution is 0.0553. The molecule has 0 aliphatic carbocycles. The number of rotatable bonds is 9. The number of aliphatic hydroxyl groups excluding tert-OH is 1. The van der Waals surface area contributed by atoms with E-state index < -0.39 is 0 Å². The van der Waals surface area contributed by atoms with Gasteiger partial charge in [-0.05, 0) is 32.4 Å². The Hall–Kier alpha value is -0.160. The van der Waals surface area contributed by atoms with Crippen molar-refractivity contribution in [1.29, 1.82) is 0 Å². The van der Waals surface area contributed by atoms with E-state index in [4.69, 9.17) is 14.6 Å². The van der Waals surface area contributed by atoms with Crippen LogP contribution in [-0.4, -0.2) is 62.7 Å². The Morgan fingerprint density at radius 3 is 2.11 bits per heavy atom. The predicted octanol–water partition coefficient (Wildman–Crippen LogP) is 1.91. The Morgan fingerprint density at radius 1 is 0.889 bits per heavy atom. The molecule has 0 atom stereocenters. The number of ether oxygens (including phenoxy) is 2. The minimum atomic E-state index is 0.107. The smallest absolute Gasteiger partial charge is 0.0697 e. The van der Waals surface area contributed by atoms with Gasteiger partial charge in [-0.2, -0.15) is 0 Å². The molecule has 0 unspecified atom stereocenters. The number of piperidine rings is 1. The number of nitrogens with zero attached hydrogens (tertiary/aromatic N) is 1. The van der Waals surface area contributed by atoms with Crippen molar-refractivity contribution in [3.05, 3.63) is 0 Å².